The van der Waals surface area contributed by atoms with Crippen molar-refractivity contribution in [3.63, 3.8) is 0 Å². The molecule has 0 saturated carbocycles. The minimum absolute atomic E-state index is 0.199. The van der Waals surface area contributed by atoms with E-state index >= 15 is 0 Å². The van der Waals surface area contributed by atoms with Crippen molar-refractivity contribution in [1.82, 2.24) is 15.0 Å². The van der Waals surface area contributed by atoms with Gasteiger partial charge in [-0.2, -0.15) is 0 Å². The lowest BCUT2D eigenvalue weighted by molar-refractivity contribution is 0.660. The van der Waals surface area contributed by atoms with E-state index in [9.17, 15) is 0 Å². The topological polar surface area (TPSA) is 51.8 Å². The van der Waals surface area contributed by atoms with Crippen molar-refractivity contribution in [3.05, 3.63) is 150 Å². The first-order valence-electron chi connectivity index (χ1n) is 16.7. The highest BCUT2D eigenvalue weighted by molar-refractivity contribution is 6.12. The van der Waals surface area contributed by atoms with Gasteiger partial charge in [-0.15, -0.1) is 0 Å². The largest absolute Gasteiger partial charge is 0.456 e. The van der Waals surface area contributed by atoms with Gasteiger partial charge in [-0.05, 0) is 75.5 Å². The molecule has 2 aliphatic rings. The summed E-state index contributed by atoms with van der Waals surface area (Å²) in [5, 5.41) is 2.07. The zero-order chi connectivity index (χ0) is 32.0. The van der Waals surface area contributed by atoms with Gasteiger partial charge in [0.2, 0.25) is 0 Å². The summed E-state index contributed by atoms with van der Waals surface area (Å²) in [5.74, 6) is 1.98. The zero-order valence-electron chi connectivity index (χ0n) is 26.8. The van der Waals surface area contributed by atoms with Crippen LogP contribution in [0.5, 0.6) is 0 Å². The number of hydrogen-bond acceptors (Lipinski definition) is 4. The Morgan fingerprint density at radius 1 is 0.521 bits per heavy atom. The number of nitrogens with zero attached hydrogens (tertiary/aromatic N) is 3. The van der Waals surface area contributed by atoms with E-state index in [-0.39, 0.29) is 5.41 Å². The van der Waals surface area contributed by atoms with Crippen LogP contribution in [0, 0.1) is 0 Å². The molecule has 0 saturated heterocycles. The second kappa shape index (κ2) is 10.1. The van der Waals surface area contributed by atoms with Crippen molar-refractivity contribution in [1.29, 1.82) is 0 Å². The van der Waals surface area contributed by atoms with Gasteiger partial charge in [0, 0.05) is 32.9 Å². The summed E-state index contributed by atoms with van der Waals surface area (Å²) in [6, 6.07) is 44.8. The molecule has 0 bridgehead atoms. The molecule has 0 spiro atoms. The van der Waals surface area contributed by atoms with E-state index in [1.54, 1.807) is 0 Å². The molecule has 2 aliphatic carbocycles. The van der Waals surface area contributed by atoms with Crippen LogP contribution >= 0.6 is 0 Å². The number of rotatable bonds is 3. The Labute approximate surface area is 278 Å². The molecule has 0 unspecified atom stereocenters. The fourth-order valence-electron chi connectivity index (χ4n) is 8.25. The van der Waals surface area contributed by atoms with Gasteiger partial charge >= 0.3 is 0 Å². The van der Waals surface area contributed by atoms with Crippen LogP contribution in [0.2, 0.25) is 0 Å². The lowest BCUT2D eigenvalue weighted by Gasteiger charge is -2.30. The highest BCUT2D eigenvalue weighted by atomic mass is 16.3. The van der Waals surface area contributed by atoms with E-state index in [4.69, 9.17) is 19.4 Å². The molecule has 0 radical (unpaired) electrons. The number of aryl methyl sites for hydroxylation is 2. The smallest absolute Gasteiger partial charge is 0.164 e. The van der Waals surface area contributed by atoms with E-state index in [1.807, 2.05) is 42.5 Å². The third-order valence-corrected chi connectivity index (χ3v) is 10.4. The SMILES string of the molecule is CC1(C)c2ccccc2-c2c(-c3nc(-c4ccccc4)nc(-c4cccc5oc6ccccc6c45)n3)cc3c(c21)-c1ccccc1CC3. The molecule has 2 aromatic heterocycles. The van der Waals surface area contributed by atoms with Crippen molar-refractivity contribution in [3.8, 4) is 56.4 Å². The van der Waals surface area contributed by atoms with Gasteiger partial charge in [0.15, 0.2) is 17.5 Å². The summed E-state index contributed by atoms with van der Waals surface area (Å²) >= 11 is 0. The Morgan fingerprint density at radius 2 is 1.17 bits per heavy atom. The average molecular weight is 618 g/mol. The normalized spacial score (nSPS) is 14.0. The van der Waals surface area contributed by atoms with Gasteiger partial charge in [-0.25, -0.2) is 15.0 Å². The first kappa shape index (κ1) is 27.3. The minimum Gasteiger partial charge on any atom is -0.456 e. The van der Waals surface area contributed by atoms with Crippen molar-refractivity contribution in [2.45, 2.75) is 32.1 Å². The summed E-state index contributed by atoms with van der Waals surface area (Å²) in [4.78, 5) is 15.8. The summed E-state index contributed by atoms with van der Waals surface area (Å²) in [5.41, 5.74) is 15.1. The van der Waals surface area contributed by atoms with Gasteiger partial charge in [0.05, 0.1) is 0 Å². The molecule has 2 heterocycles. The standard InChI is InChI=1S/C44H31N3O/c1-44(2)34-20-10-8-17-30(34)39-33(25-28-24-23-26-13-6-7-16-29(26)37(28)40(39)44)43-46-41(27-14-4-3-5-15-27)45-42(47-43)32-19-12-22-36-38(32)31-18-9-11-21-35(31)48-36/h3-22,25H,23-24H2,1-2H3. The maximum absolute atomic E-state index is 6.29. The molecule has 4 nitrogen and oxygen atoms in total. The lowest BCUT2D eigenvalue weighted by atomic mass is 9.73. The van der Waals surface area contributed by atoms with Crippen molar-refractivity contribution < 1.29 is 4.42 Å². The lowest BCUT2D eigenvalue weighted by Crippen LogP contribution is -2.19. The molecule has 0 N–H and O–H groups in total. The molecule has 0 atom stereocenters. The van der Waals surface area contributed by atoms with Crippen LogP contribution in [-0.2, 0) is 18.3 Å². The van der Waals surface area contributed by atoms with Gasteiger partial charge in [0.25, 0.3) is 0 Å². The molecule has 0 fully saturated rings. The maximum atomic E-state index is 6.29. The van der Waals surface area contributed by atoms with Gasteiger partial charge < -0.3 is 4.42 Å². The molecule has 0 aliphatic heterocycles. The number of hydrogen-bond donors (Lipinski definition) is 0. The second-order valence-corrected chi connectivity index (χ2v) is 13.5. The fraction of sp³-hybridized carbons (Fsp3) is 0.114. The summed E-state index contributed by atoms with van der Waals surface area (Å²) in [6.45, 7) is 4.75. The highest BCUT2D eigenvalue weighted by Gasteiger charge is 2.41. The molecule has 48 heavy (non-hydrogen) atoms. The average Bonchev–Trinajstić information content (AvgIpc) is 3.64. The predicted octanol–water partition coefficient (Wildman–Crippen LogP) is 10.8. The predicted molar refractivity (Wildman–Crippen MR) is 194 cm³/mol. The molecule has 4 heteroatoms. The highest BCUT2D eigenvalue weighted by Crippen LogP contribution is 2.57. The van der Waals surface area contributed by atoms with E-state index in [1.165, 1.54) is 44.5 Å². The van der Waals surface area contributed by atoms with Gasteiger partial charge in [0.1, 0.15) is 11.2 Å². The Balaban J connectivity index is 1.31. The van der Waals surface area contributed by atoms with Crippen LogP contribution in [0.3, 0.4) is 0 Å². The number of benzene rings is 6. The second-order valence-electron chi connectivity index (χ2n) is 13.5. The number of fused-ring (bicyclic) bond motifs is 10. The molecule has 6 aromatic carbocycles. The Morgan fingerprint density at radius 3 is 2.04 bits per heavy atom. The van der Waals surface area contributed by atoms with Crippen LogP contribution in [0.4, 0.5) is 0 Å². The van der Waals surface area contributed by atoms with Crippen molar-refractivity contribution in [2.24, 2.45) is 0 Å². The number of aromatic nitrogens is 3. The third-order valence-electron chi connectivity index (χ3n) is 10.4. The third kappa shape index (κ3) is 3.86. The quantitative estimate of drug-likeness (QED) is 0.198. The van der Waals surface area contributed by atoms with Crippen LogP contribution in [-0.4, -0.2) is 15.0 Å². The van der Waals surface area contributed by atoms with Crippen LogP contribution in [0.1, 0.15) is 36.1 Å². The molecular weight excluding hydrogens is 587 g/mol. The van der Waals surface area contributed by atoms with E-state index in [0.29, 0.717) is 17.5 Å². The monoisotopic (exact) mass is 617 g/mol. The molecule has 0 amide bonds. The van der Waals surface area contributed by atoms with E-state index in [0.717, 1.165) is 51.5 Å². The summed E-state index contributed by atoms with van der Waals surface area (Å²) in [6.07, 6.45) is 1.99. The zero-order valence-corrected chi connectivity index (χ0v) is 26.8. The van der Waals surface area contributed by atoms with Gasteiger partial charge in [-0.1, -0.05) is 123 Å². The molecule has 10 rings (SSSR count). The van der Waals surface area contributed by atoms with Crippen molar-refractivity contribution >= 4 is 21.9 Å². The van der Waals surface area contributed by atoms with Crippen LogP contribution < -0.4 is 0 Å². The van der Waals surface area contributed by atoms with Gasteiger partial charge in [-0.3, -0.25) is 0 Å². The Hall–Kier alpha value is -5.87. The molecule has 228 valence electrons. The van der Waals surface area contributed by atoms with Crippen LogP contribution in [0.25, 0.3) is 78.4 Å². The summed E-state index contributed by atoms with van der Waals surface area (Å²) in [7, 11) is 0. The maximum Gasteiger partial charge on any atom is 0.164 e. The van der Waals surface area contributed by atoms with Crippen LogP contribution in [0.15, 0.2) is 132 Å². The Bertz CT molecular complexity index is 2600. The molecular formula is C44H31N3O. The first-order valence-corrected chi connectivity index (χ1v) is 16.7. The van der Waals surface area contributed by atoms with Crippen molar-refractivity contribution in [2.75, 3.05) is 0 Å². The molecule has 8 aromatic rings. The fourth-order valence-corrected chi connectivity index (χ4v) is 8.25. The summed E-state index contributed by atoms with van der Waals surface area (Å²) < 4.78 is 6.29. The van der Waals surface area contributed by atoms with E-state index < -0.39 is 0 Å². The first-order chi connectivity index (χ1) is 23.6. The minimum atomic E-state index is -0.199. The number of para-hydroxylation sites is 1. The number of furan rings is 1. The Kier molecular flexibility index (Phi) is 5.72. The van der Waals surface area contributed by atoms with E-state index in [2.05, 4.69) is 98.8 Å².